The van der Waals surface area contributed by atoms with Crippen LogP contribution < -0.4 is 10.6 Å². The molecular weight excluding hydrogens is 430 g/mol. The Morgan fingerprint density at radius 3 is 2.68 bits per heavy atom. The number of anilines is 1. The van der Waals surface area contributed by atoms with Crippen molar-refractivity contribution in [3.8, 4) is 11.4 Å². The van der Waals surface area contributed by atoms with Crippen LogP contribution in [0.2, 0.25) is 0 Å². The number of nitrogens with zero attached hydrogens (tertiary/aromatic N) is 3. The number of hydrogen-bond donors (Lipinski definition) is 2. The molecular formula is C26H31N5O3. The van der Waals surface area contributed by atoms with E-state index in [9.17, 15) is 9.59 Å². The van der Waals surface area contributed by atoms with Crippen LogP contribution in [0.5, 0.6) is 0 Å². The van der Waals surface area contributed by atoms with Gasteiger partial charge in [-0.25, -0.2) is 0 Å². The van der Waals surface area contributed by atoms with Crippen molar-refractivity contribution in [2.45, 2.75) is 33.2 Å². The maximum atomic E-state index is 13.1. The van der Waals surface area contributed by atoms with Crippen molar-refractivity contribution >= 4 is 17.5 Å². The summed E-state index contributed by atoms with van der Waals surface area (Å²) in [6.45, 7) is 6.62. The molecule has 0 radical (unpaired) electrons. The number of hydrogen-bond acceptors (Lipinski definition) is 6. The lowest BCUT2D eigenvalue weighted by atomic mass is 9.96. The number of aromatic nitrogens is 2. The molecule has 1 aromatic heterocycles. The van der Waals surface area contributed by atoms with E-state index in [-0.39, 0.29) is 17.7 Å². The molecule has 0 aliphatic carbocycles. The Morgan fingerprint density at radius 1 is 1.12 bits per heavy atom. The molecule has 1 aliphatic heterocycles. The van der Waals surface area contributed by atoms with Gasteiger partial charge in [-0.05, 0) is 37.4 Å². The van der Waals surface area contributed by atoms with E-state index < -0.39 is 0 Å². The first-order chi connectivity index (χ1) is 16.5. The van der Waals surface area contributed by atoms with Gasteiger partial charge in [-0.3, -0.25) is 14.5 Å². The molecule has 2 N–H and O–H groups in total. The molecule has 1 unspecified atom stereocenters. The minimum Gasteiger partial charge on any atom is -0.352 e. The topological polar surface area (TPSA) is 100 Å². The highest BCUT2D eigenvalue weighted by Gasteiger charge is 2.28. The highest BCUT2D eigenvalue weighted by molar-refractivity contribution is 6.04. The largest absolute Gasteiger partial charge is 0.352 e. The minimum absolute atomic E-state index is 0.0793. The number of carbonyl (C=O) groups excluding carboxylic acids is 2. The fourth-order valence-electron chi connectivity index (χ4n) is 4.04. The number of likely N-dealkylation sites (tertiary alicyclic amines) is 1. The van der Waals surface area contributed by atoms with Crippen LogP contribution in [0.3, 0.4) is 0 Å². The van der Waals surface area contributed by atoms with Crippen LogP contribution >= 0.6 is 0 Å². The van der Waals surface area contributed by atoms with Crippen LogP contribution in [0, 0.1) is 11.8 Å². The predicted molar refractivity (Wildman–Crippen MR) is 130 cm³/mol. The van der Waals surface area contributed by atoms with Crippen LogP contribution in [-0.2, 0) is 11.3 Å². The zero-order valence-electron chi connectivity index (χ0n) is 19.7. The monoisotopic (exact) mass is 461 g/mol. The fourth-order valence-corrected chi connectivity index (χ4v) is 4.04. The molecule has 2 heterocycles. The molecule has 1 fully saturated rings. The minimum atomic E-state index is -0.183. The highest BCUT2D eigenvalue weighted by Crippen LogP contribution is 2.23. The lowest BCUT2D eigenvalue weighted by Gasteiger charge is -2.31. The maximum absolute atomic E-state index is 13.1. The van der Waals surface area contributed by atoms with Crippen LogP contribution in [0.15, 0.2) is 59.1 Å². The Labute approximate surface area is 199 Å². The Morgan fingerprint density at radius 2 is 1.88 bits per heavy atom. The van der Waals surface area contributed by atoms with Gasteiger partial charge in [0.2, 0.25) is 17.6 Å². The van der Waals surface area contributed by atoms with E-state index >= 15 is 0 Å². The van der Waals surface area contributed by atoms with Gasteiger partial charge in [0.05, 0.1) is 23.7 Å². The number of benzene rings is 2. The van der Waals surface area contributed by atoms with E-state index in [4.69, 9.17) is 4.52 Å². The van der Waals surface area contributed by atoms with Crippen LogP contribution in [-0.4, -0.2) is 46.5 Å². The summed E-state index contributed by atoms with van der Waals surface area (Å²) in [7, 11) is 0. The zero-order chi connectivity index (χ0) is 23.9. The molecule has 3 aromatic rings. The third-order valence-electron chi connectivity index (χ3n) is 5.84. The van der Waals surface area contributed by atoms with E-state index in [0.29, 0.717) is 48.5 Å². The Bertz CT molecular complexity index is 1110. The predicted octanol–water partition coefficient (Wildman–Crippen LogP) is 3.97. The van der Waals surface area contributed by atoms with Crippen LogP contribution in [0.4, 0.5) is 5.69 Å². The fraction of sp³-hybridized carbons (Fsp3) is 0.385. The maximum Gasteiger partial charge on any atom is 0.253 e. The summed E-state index contributed by atoms with van der Waals surface area (Å²) in [4.78, 5) is 32.3. The van der Waals surface area contributed by atoms with Crippen LogP contribution in [0.25, 0.3) is 11.4 Å². The van der Waals surface area contributed by atoms with Gasteiger partial charge in [-0.1, -0.05) is 61.5 Å². The normalized spacial score (nSPS) is 16.4. The third kappa shape index (κ3) is 6.08. The van der Waals surface area contributed by atoms with Crippen molar-refractivity contribution in [3.63, 3.8) is 0 Å². The van der Waals surface area contributed by atoms with Crippen molar-refractivity contribution < 1.29 is 14.1 Å². The summed E-state index contributed by atoms with van der Waals surface area (Å²) < 4.78 is 5.45. The molecule has 2 amide bonds. The van der Waals surface area contributed by atoms with Crippen LogP contribution in [0.1, 0.15) is 42.9 Å². The molecule has 1 aliphatic rings. The molecule has 178 valence electrons. The Hall–Kier alpha value is -3.52. The molecule has 8 nitrogen and oxygen atoms in total. The van der Waals surface area contributed by atoms with Gasteiger partial charge >= 0.3 is 0 Å². The molecule has 0 spiro atoms. The summed E-state index contributed by atoms with van der Waals surface area (Å²) >= 11 is 0. The molecule has 0 saturated carbocycles. The second-order valence-electron chi connectivity index (χ2n) is 9.09. The van der Waals surface area contributed by atoms with Crippen molar-refractivity contribution in [3.05, 3.63) is 66.1 Å². The number of rotatable bonds is 8. The molecule has 1 saturated heterocycles. The zero-order valence-corrected chi connectivity index (χ0v) is 19.7. The van der Waals surface area contributed by atoms with Gasteiger partial charge < -0.3 is 15.2 Å². The molecule has 8 heteroatoms. The van der Waals surface area contributed by atoms with Crippen molar-refractivity contribution in [1.29, 1.82) is 0 Å². The van der Waals surface area contributed by atoms with E-state index in [0.717, 1.165) is 24.9 Å². The number of amides is 2. The smallest absolute Gasteiger partial charge is 0.253 e. The molecule has 2 aromatic carbocycles. The summed E-state index contributed by atoms with van der Waals surface area (Å²) in [5, 5.41) is 9.98. The summed E-state index contributed by atoms with van der Waals surface area (Å²) in [6, 6.07) is 16.8. The van der Waals surface area contributed by atoms with Gasteiger partial charge in [0.1, 0.15) is 0 Å². The van der Waals surface area contributed by atoms with Crippen molar-refractivity contribution in [1.82, 2.24) is 20.4 Å². The second kappa shape index (κ2) is 11.1. The number of carbonyl (C=O) groups is 2. The average Bonchev–Trinajstić information content (AvgIpc) is 3.32. The average molecular weight is 462 g/mol. The number of nitrogens with one attached hydrogen (secondary N) is 2. The summed E-state index contributed by atoms with van der Waals surface area (Å²) in [5.41, 5.74) is 1.92. The lowest BCUT2D eigenvalue weighted by Crippen LogP contribution is -2.40. The molecule has 0 bridgehead atoms. The molecule has 34 heavy (non-hydrogen) atoms. The van der Waals surface area contributed by atoms with Crippen molar-refractivity contribution in [2.75, 3.05) is 25.0 Å². The second-order valence-corrected chi connectivity index (χ2v) is 9.09. The first-order valence-corrected chi connectivity index (χ1v) is 11.8. The van der Waals surface area contributed by atoms with Gasteiger partial charge in [-0.2, -0.15) is 4.98 Å². The molecule has 1 atom stereocenters. The number of piperidine rings is 1. The van der Waals surface area contributed by atoms with E-state index in [1.807, 2.05) is 50.2 Å². The Kier molecular flexibility index (Phi) is 7.69. The standard InChI is InChI=1S/C26H31N5O3/c1-18(2)15-27-26(33)21-12-6-7-13-22(21)28-25(32)20-11-8-14-31(16-20)17-23-29-24(30-34-23)19-9-4-3-5-10-19/h3-7,9-10,12-13,18,20H,8,11,14-17H2,1-2H3,(H,27,33)(H,28,32). The third-order valence-corrected chi connectivity index (χ3v) is 5.84. The van der Waals surface area contributed by atoms with Gasteiger partial charge in [0.25, 0.3) is 5.91 Å². The number of para-hydroxylation sites is 1. The Balaban J connectivity index is 1.36. The van der Waals surface area contributed by atoms with E-state index in [1.54, 1.807) is 18.2 Å². The summed E-state index contributed by atoms with van der Waals surface area (Å²) in [6.07, 6.45) is 1.69. The van der Waals surface area contributed by atoms with Gasteiger partial charge in [-0.15, -0.1) is 0 Å². The summed E-state index contributed by atoms with van der Waals surface area (Å²) in [5.74, 6) is 1.00. The van der Waals surface area contributed by atoms with E-state index in [2.05, 4.69) is 25.7 Å². The van der Waals surface area contributed by atoms with Crippen molar-refractivity contribution in [2.24, 2.45) is 11.8 Å². The molecule has 4 rings (SSSR count). The first kappa shape index (κ1) is 23.6. The highest BCUT2D eigenvalue weighted by atomic mass is 16.5. The first-order valence-electron chi connectivity index (χ1n) is 11.8. The SMILES string of the molecule is CC(C)CNC(=O)c1ccccc1NC(=O)C1CCCN(Cc2nc(-c3ccccc3)no2)C1. The lowest BCUT2D eigenvalue weighted by molar-refractivity contribution is -0.121. The van der Waals surface area contributed by atoms with E-state index in [1.165, 1.54) is 0 Å². The quantitative estimate of drug-likeness (QED) is 0.526. The van der Waals surface area contributed by atoms with Gasteiger partial charge in [0, 0.05) is 18.7 Å². The van der Waals surface area contributed by atoms with Gasteiger partial charge in [0.15, 0.2) is 0 Å².